The molecule has 1 aliphatic heterocycles. The molecule has 0 aromatic carbocycles. The van der Waals surface area contributed by atoms with Gasteiger partial charge in [0, 0.05) is 32.7 Å². The number of aliphatic hydroxyl groups excluding tert-OH is 1. The predicted octanol–water partition coefficient (Wildman–Crippen LogP) is -0.341. The Labute approximate surface area is 114 Å². The summed E-state index contributed by atoms with van der Waals surface area (Å²) in [6, 6.07) is 0. The van der Waals surface area contributed by atoms with E-state index in [0.29, 0.717) is 39.3 Å². The van der Waals surface area contributed by atoms with Crippen LogP contribution in [-0.2, 0) is 14.3 Å². The smallest absolute Gasteiger partial charge is 0.221 e. The maximum atomic E-state index is 11.2. The maximum Gasteiger partial charge on any atom is 0.221 e. The van der Waals surface area contributed by atoms with E-state index >= 15 is 0 Å². The van der Waals surface area contributed by atoms with Gasteiger partial charge in [0.15, 0.2) is 0 Å². The summed E-state index contributed by atoms with van der Waals surface area (Å²) in [4.78, 5) is 11.2. The summed E-state index contributed by atoms with van der Waals surface area (Å²) in [6.45, 7) is 5.21. The molecule has 1 amide bonds. The minimum Gasteiger partial charge on any atom is -0.389 e. The Morgan fingerprint density at radius 2 is 2.42 bits per heavy atom. The van der Waals surface area contributed by atoms with Crippen molar-refractivity contribution in [3.8, 4) is 0 Å². The minimum atomic E-state index is -0.546. The largest absolute Gasteiger partial charge is 0.389 e. The van der Waals surface area contributed by atoms with Crippen molar-refractivity contribution in [1.29, 1.82) is 0 Å². The van der Waals surface area contributed by atoms with Crippen molar-refractivity contribution in [2.45, 2.75) is 38.4 Å². The fraction of sp³-hybridized carbons (Fsp3) is 0.923. The van der Waals surface area contributed by atoms with E-state index in [4.69, 9.17) is 9.47 Å². The van der Waals surface area contributed by atoms with E-state index in [-0.39, 0.29) is 12.0 Å². The molecule has 1 rings (SSSR count). The SMILES string of the molecule is CCNC(=O)CCNCC(O)COCC1CCCO1. The molecule has 1 saturated heterocycles. The van der Waals surface area contributed by atoms with Crippen LogP contribution in [0.1, 0.15) is 26.2 Å². The predicted molar refractivity (Wildman–Crippen MR) is 72.0 cm³/mol. The second kappa shape index (κ2) is 10.1. The molecular formula is C13H26N2O4. The molecule has 3 N–H and O–H groups in total. The third-order valence-corrected chi connectivity index (χ3v) is 2.92. The van der Waals surface area contributed by atoms with E-state index in [1.54, 1.807) is 0 Å². The molecule has 2 atom stereocenters. The van der Waals surface area contributed by atoms with Crippen LogP contribution < -0.4 is 10.6 Å². The van der Waals surface area contributed by atoms with Crippen LogP contribution in [0.25, 0.3) is 0 Å². The first-order chi connectivity index (χ1) is 9.22. The zero-order valence-electron chi connectivity index (χ0n) is 11.7. The first kappa shape index (κ1) is 16.4. The van der Waals surface area contributed by atoms with E-state index in [2.05, 4.69) is 10.6 Å². The zero-order chi connectivity index (χ0) is 13.9. The van der Waals surface area contributed by atoms with Gasteiger partial charge in [0.25, 0.3) is 0 Å². The Morgan fingerprint density at radius 3 is 3.11 bits per heavy atom. The highest BCUT2D eigenvalue weighted by molar-refractivity contribution is 5.75. The molecule has 6 heteroatoms. The molecule has 0 aromatic heterocycles. The highest BCUT2D eigenvalue weighted by Gasteiger charge is 2.16. The summed E-state index contributed by atoms with van der Waals surface area (Å²) in [5.74, 6) is 0.0270. The molecule has 0 aliphatic carbocycles. The molecule has 0 radical (unpaired) electrons. The van der Waals surface area contributed by atoms with E-state index in [0.717, 1.165) is 19.4 Å². The van der Waals surface area contributed by atoms with Crippen molar-refractivity contribution in [1.82, 2.24) is 10.6 Å². The lowest BCUT2D eigenvalue weighted by Crippen LogP contribution is -2.34. The fourth-order valence-corrected chi connectivity index (χ4v) is 1.93. The quantitative estimate of drug-likeness (QED) is 0.475. The Balaban J connectivity index is 1.89. The van der Waals surface area contributed by atoms with E-state index < -0.39 is 6.10 Å². The Kier molecular flexibility index (Phi) is 8.73. The van der Waals surface area contributed by atoms with Crippen molar-refractivity contribution >= 4 is 5.91 Å². The highest BCUT2D eigenvalue weighted by Crippen LogP contribution is 2.11. The highest BCUT2D eigenvalue weighted by atomic mass is 16.5. The number of amides is 1. The monoisotopic (exact) mass is 274 g/mol. The first-order valence-electron chi connectivity index (χ1n) is 7.07. The van der Waals surface area contributed by atoms with Gasteiger partial charge in [-0.2, -0.15) is 0 Å². The van der Waals surface area contributed by atoms with Crippen LogP contribution in [0.2, 0.25) is 0 Å². The van der Waals surface area contributed by atoms with E-state index in [1.807, 2.05) is 6.92 Å². The van der Waals surface area contributed by atoms with Gasteiger partial charge in [-0.3, -0.25) is 4.79 Å². The Hall–Kier alpha value is -0.690. The summed E-state index contributed by atoms with van der Waals surface area (Å²) >= 11 is 0. The van der Waals surface area contributed by atoms with Gasteiger partial charge >= 0.3 is 0 Å². The van der Waals surface area contributed by atoms with Gasteiger partial charge in [-0.05, 0) is 19.8 Å². The van der Waals surface area contributed by atoms with Crippen molar-refractivity contribution < 1.29 is 19.4 Å². The number of rotatable bonds is 10. The Morgan fingerprint density at radius 1 is 1.58 bits per heavy atom. The lowest BCUT2D eigenvalue weighted by Gasteiger charge is -2.14. The molecule has 112 valence electrons. The van der Waals surface area contributed by atoms with Crippen LogP contribution in [0.15, 0.2) is 0 Å². The van der Waals surface area contributed by atoms with Crippen LogP contribution in [0.4, 0.5) is 0 Å². The number of carbonyl (C=O) groups excluding carboxylic acids is 1. The normalized spacial score (nSPS) is 20.4. The number of hydrogen-bond donors (Lipinski definition) is 3. The topological polar surface area (TPSA) is 79.8 Å². The number of aliphatic hydroxyl groups is 1. The van der Waals surface area contributed by atoms with Gasteiger partial charge < -0.3 is 25.2 Å². The molecular weight excluding hydrogens is 248 g/mol. The van der Waals surface area contributed by atoms with Gasteiger partial charge in [0.1, 0.15) is 0 Å². The summed E-state index contributed by atoms with van der Waals surface area (Å²) in [5, 5.41) is 15.4. The van der Waals surface area contributed by atoms with Gasteiger partial charge in [0.05, 0.1) is 25.4 Å². The summed E-state index contributed by atoms with van der Waals surface area (Å²) in [5.41, 5.74) is 0. The molecule has 2 unspecified atom stereocenters. The average molecular weight is 274 g/mol. The molecule has 1 heterocycles. The van der Waals surface area contributed by atoms with Crippen LogP contribution in [-0.4, -0.2) is 62.7 Å². The van der Waals surface area contributed by atoms with Crippen LogP contribution >= 0.6 is 0 Å². The average Bonchev–Trinajstić information content (AvgIpc) is 2.88. The molecule has 0 saturated carbocycles. The van der Waals surface area contributed by atoms with Crippen LogP contribution in [0.5, 0.6) is 0 Å². The zero-order valence-corrected chi connectivity index (χ0v) is 11.7. The third-order valence-electron chi connectivity index (χ3n) is 2.92. The Bertz CT molecular complexity index is 245. The van der Waals surface area contributed by atoms with Crippen molar-refractivity contribution in [3.63, 3.8) is 0 Å². The lowest BCUT2D eigenvalue weighted by molar-refractivity contribution is -0.120. The van der Waals surface area contributed by atoms with E-state index in [1.165, 1.54) is 0 Å². The summed E-state index contributed by atoms with van der Waals surface area (Å²) < 4.78 is 10.8. The number of ether oxygens (including phenoxy) is 2. The van der Waals surface area contributed by atoms with Crippen LogP contribution in [0.3, 0.4) is 0 Å². The van der Waals surface area contributed by atoms with Crippen molar-refractivity contribution in [2.75, 3.05) is 39.5 Å². The minimum absolute atomic E-state index is 0.0270. The number of hydrogen-bond acceptors (Lipinski definition) is 5. The standard InChI is InChI=1S/C13H26N2O4/c1-2-15-13(17)5-6-14-8-11(16)9-18-10-12-4-3-7-19-12/h11-12,14,16H,2-10H2,1H3,(H,15,17). The fourth-order valence-electron chi connectivity index (χ4n) is 1.93. The molecule has 0 aromatic rings. The molecule has 6 nitrogen and oxygen atoms in total. The van der Waals surface area contributed by atoms with Gasteiger partial charge in [0.2, 0.25) is 5.91 Å². The third kappa shape index (κ3) is 8.15. The molecule has 0 bridgehead atoms. The maximum absolute atomic E-state index is 11.2. The molecule has 1 fully saturated rings. The molecule has 1 aliphatic rings. The second-order valence-electron chi connectivity index (χ2n) is 4.73. The summed E-state index contributed by atoms with van der Waals surface area (Å²) in [6.07, 6.45) is 2.21. The van der Waals surface area contributed by atoms with Crippen molar-refractivity contribution in [3.05, 3.63) is 0 Å². The second-order valence-corrected chi connectivity index (χ2v) is 4.73. The van der Waals surface area contributed by atoms with Crippen molar-refractivity contribution in [2.24, 2.45) is 0 Å². The summed E-state index contributed by atoms with van der Waals surface area (Å²) in [7, 11) is 0. The van der Waals surface area contributed by atoms with E-state index in [9.17, 15) is 9.90 Å². The van der Waals surface area contributed by atoms with Gasteiger partial charge in [-0.15, -0.1) is 0 Å². The first-order valence-corrected chi connectivity index (χ1v) is 7.07. The molecule has 0 spiro atoms. The van der Waals surface area contributed by atoms with Crippen LogP contribution in [0, 0.1) is 0 Å². The molecule has 19 heavy (non-hydrogen) atoms. The number of carbonyl (C=O) groups is 1. The lowest BCUT2D eigenvalue weighted by atomic mass is 10.2. The van der Waals surface area contributed by atoms with Gasteiger partial charge in [-0.1, -0.05) is 0 Å². The number of nitrogens with one attached hydrogen (secondary N) is 2. The van der Waals surface area contributed by atoms with Gasteiger partial charge in [-0.25, -0.2) is 0 Å².